The summed E-state index contributed by atoms with van der Waals surface area (Å²) in [6, 6.07) is 9.59. The van der Waals surface area contributed by atoms with Gasteiger partial charge in [-0.25, -0.2) is 0 Å². The van der Waals surface area contributed by atoms with Crippen molar-refractivity contribution < 1.29 is 19.2 Å². The van der Waals surface area contributed by atoms with E-state index in [0.29, 0.717) is 20.3 Å². The Bertz CT molecular complexity index is 1090. The summed E-state index contributed by atoms with van der Waals surface area (Å²) in [5, 5.41) is 10.3. The number of amides is 2. The third-order valence-corrected chi connectivity index (χ3v) is 6.06. The molecule has 2 aromatic carbocycles. The molecule has 0 saturated carbocycles. The van der Waals surface area contributed by atoms with Crippen molar-refractivity contribution in [3.05, 3.63) is 71.5 Å². The van der Waals surface area contributed by atoms with Gasteiger partial charge in [-0.1, -0.05) is 5.92 Å². The summed E-state index contributed by atoms with van der Waals surface area (Å²) in [5.41, 5.74) is 1.46. The molecule has 1 heterocycles. The molecular weight excluding hydrogens is 540 g/mol. The van der Waals surface area contributed by atoms with Gasteiger partial charge in [0, 0.05) is 12.1 Å². The number of nitrogens with zero attached hydrogens (tertiary/aromatic N) is 2. The van der Waals surface area contributed by atoms with E-state index < -0.39 is 16.1 Å². The Morgan fingerprint density at radius 3 is 2.40 bits per heavy atom. The number of nitro benzene ring substituents is 1. The number of hydrogen-bond acceptors (Lipinski definition) is 6. The van der Waals surface area contributed by atoms with Gasteiger partial charge in [0.25, 0.3) is 16.8 Å². The van der Waals surface area contributed by atoms with Crippen LogP contribution in [-0.2, 0) is 11.4 Å². The maximum absolute atomic E-state index is 12.3. The monoisotopic (exact) mass is 550 g/mol. The van der Waals surface area contributed by atoms with Gasteiger partial charge in [0.05, 0.1) is 25.3 Å². The van der Waals surface area contributed by atoms with E-state index in [1.54, 1.807) is 30.3 Å². The second-order valence-electron chi connectivity index (χ2n) is 6.00. The van der Waals surface area contributed by atoms with Crippen molar-refractivity contribution in [2.45, 2.75) is 6.61 Å². The zero-order chi connectivity index (χ0) is 21.8. The van der Waals surface area contributed by atoms with E-state index in [2.05, 4.69) is 37.8 Å². The number of hydrogen-bond donors (Lipinski definition) is 0. The first kappa shape index (κ1) is 22.1. The molecule has 1 aliphatic rings. The van der Waals surface area contributed by atoms with Crippen LogP contribution in [0.15, 0.2) is 50.2 Å². The van der Waals surface area contributed by atoms with Gasteiger partial charge in [-0.3, -0.25) is 24.6 Å². The largest absolute Gasteiger partial charge is 0.487 e. The maximum Gasteiger partial charge on any atom is 0.294 e. The second-order valence-corrected chi connectivity index (χ2v) is 8.70. The molecule has 7 nitrogen and oxygen atoms in total. The van der Waals surface area contributed by atoms with Crippen LogP contribution in [0.25, 0.3) is 6.08 Å². The molecule has 1 saturated heterocycles. The van der Waals surface area contributed by atoms with Crippen molar-refractivity contribution in [1.82, 2.24) is 4.90 Å². The molecule has 3 rings (SSSR count). The molecule has 0 unspecified atom stereocenters. The summed E-state index contributed by atoms with van der Waals surface area (Å²) >= 11 is 7.73. The molecule has 0 bridgehead atoms. The Labute approximate surface area is 192 Å². The highest BCUT2D eigenvalue weighted by Gasteiger charge is 2.34. The van der Waals surface area contributed by atoms with Crippen molar-refractivity contribution in [2.24, 2.45) is 0 Å². The Morgan fingerprint density at radius 2 is 1.83 bits per heavy atom. The highest BCUT2D eigenvalue weighted by molar-refractivity contribution is 9.11. The minimum absolute atomic E-state index is 0.0112. The molecule has 0 N–H and O–H groups in total. The van der Waals surface area contributed by atoms with Gasteiger partial charge in [0.15, 0.2) is 0 Å². The summed E-state index contributed by atoms with van der Waals surface area (Å²) in [4.78, 5) is 35.8. The summed E-state index contributed by atoms with van der Waals surface area (Å²) < 4.78 is 7.09. The molecule has 152 valence electrons. The van der Waals surface area contributed by atoms with Gasteiger partial charge >= 0.3 is 0 Å². The number of thioether (sulfide) groups is 1. The average Bonchev–Trinajstić information content (AvgIpc) is 2.95. The van der Waals surface area contributed by atoms with Crippen LogP contribution in [0.4, 0.5) is 10.5 Å². The average molecular weight is 552 g/mol. The van der Waals surface area contributed by atoms with Gasteiger partial charge in [0.2, 0.25) is 0 Å². The third kappa shape index (κ3) is 4.92. The molecule has 0 spiro atoms. The number of carbonyl (C=O) groups is 2. The van der Waals surface area contributed by atoms with E-state index in [4.69, 9.17) is 11.2 Å². The summed E-state index contributed by atoms with van der Waals surface area (Å²) in [6.07, 6.45) is 6.81. The Hall–Kier alpha value is -2.61. The molecule has 10 heteroatoms. The lowest BCUT2D eigenvalue weighted by molar-refractivity contribution is -0.384. The Morgan fingerprint density at radius 1 is 1.20 bits per heavy atom. The molecule has 2 aromatic rings. The predicted molar refractivity (Wildman–Crippen MR) is 121 cm³/mol. The van der Waals surface area contributed by atoms with E-state index in [0.717, 1.165) is 22.2 Å². The first-order valence-corrected chi connectivity index (χ1v) is 10.7. The number of non-ortho nitro benzene ring substituents is 1. The number of ether oxygens (including phenoxy) is 1. The van der Waals surface area contributed by atoms with Crippen molar-refractivity contribution in [1.29, 1.82) is 0 Å². The minimum atomic E-state index is -0.461. The highest BCUT2D eigenvalue weighted by Crippen LogP contribution is 2.38. The first-order valence-electron chi connectivity index (χ1n) is 8.34. The van der Waals surface area contributed by atoms with Gasteiger partial charge in [-0.2, -0.15) is 0 Å². The molecule has 0 radical (unpaired) electrons. The van der Waals surface area contributed by atoms with E-state index in [9.17, 15) is 19.7 Å². The first-order chi connectivity index (χ1) is 14.3. The van der Waals surface area contributed by atoms with Crippen LogP contribution < -0.4 is 4.74 Å². The fraction of sp³-hybridized carbons (Fsp3) is 0.100. The fourth-order valence-electron chi connectivity index (χ4n) is 2.55. The predicted octanol–water partition coefficient (Wildman–Crippen LogP) is 5.37. The molecule has 30 heavy (non-hydrogen) atoms. The van der Waals surface area contributed by atoms with E-state index >= 15 is 0 Å². The molecular formula is C20H12Br2N2O5S. The number of halogens is 2. The standard InChI is InChI=1S/C20H12Br2N2O5S/c1-2-7-23-19(25)17(30-20(23)26)10-13-8-15(21)18(16(22)9-13)29-11-12-3-5-14(6-4-12)24(27)28/h1,3-6,8-10H,7,11H2/b17-10+. The third-order valence-electron chi connectivity index (χ3n) is 3.97. The lowest BCUT2D eigenvalue weighted by atomic mass is 10.2. The van der Waals surface area contributed by atoms with Crippen LogP contribution >= 0.6 is 43.6 Å². The molecule has 1 aliphatic heterocycles. The Balaban J connectivity index is 1.76. The van der Waals surface area contributed by atoms with Crippen LogP contribution in [-0.4, -0.2) is 27.5 Å². The van der Waals surface area contributed by atoms with Crippen LogP contribution in [0, 0.1) is 22.5 Å². The maximum atomic E-state index is 12.3. The molecule has 2 amide bonds. The Kier molecular flexibility index (Phi) is 6.97. The van der Waals surface area contributed by atoms with Crippen molar-refractivity contribution in [3.63, 3.8) is 0 Å². The number of terminal acetylenes is 1. The van der Waals surface area contributed by atoms with Crippen LogP contribution in [0.2, 0.25) is 0 Å². The van der Waals surface area contributed by atoms with Crippen LogP contribution in [0.5, 0.6) is 5.75 Å². The number of benzene rings is 2. The summed E-state index contributed by atoms with van der Waals surface area (Å²) in [5.74, 6) is 2.41. The van der Waals surface area contributed by atoms with E-state index in [-0.39, 0.29) is 23.7 Å². The minimum Gasteiger partial charge on any atom is -0.487 e. The smallest absolute Gasteiger partial charge is 0.294 e. The number of carbonyl (C=O) groups excluding carboxylic acids is 2. The highest BCUT2D eigenvalue weighted by atomic mass is 79.9. The van der Waals surface area contributed by atoms with Gasteiger partial charge < -0.3 is 4.74 Å². The van der Waals surface area contributed by atoms with Crippen molar-refractivity contribution in [2.75, 3.05) is 6.54 Å². The van der Waals surface area contributed by atoms with Gasteiger partial charge in [-0.15, -0.1) is 6.42 Å². The topological polar surface area (TPSA) is 89.8 Å². The van der Waals surface area contributed by atoms with E-state index in [1.165, 1.54) is 12.1 Å². The van der Waals surface area contributed by atoms with Gasteiger partial charge in [-0.05, 0) is 85.1 Å². The lowest BCUT2D eigenvalue weighted by Crippen LogP contribution is -2.28. The molecule has 0 aromatic heterocycles. The van der Waals surface area contributed by atoms with Gasteiger partial charge in [0.1, 0.15) is 12.4 Å². The molecule has 0 aliphatic carbocycles. The van der Waals surface area contributed by atoms with E-state index in [1.807, 2.05) is 0 Å². The summed E-state index contributed by atoms with van der Waals surface area (Å²) in [6.45, 7) is 0.143. The van der Waals surface area contributed by atoms with Crippen molar-refractivity contribution >= 4 is 66.5 Å². The van der Waals surface area contributed by atoms with Crippen LogP contribution in [0.3, 0.4) is 0 Å². The lowest BCUT2D eigenvalue weighted by Gasteiger charge is -2.12. The SMILES string of the molecule is C#CCN1C(=O)S/C(=C/c2cc(Br)c(OCc3ccc([N+](=O)[O-])cc3)c(Br)c2)C1=O. The number of imide groups is 1. The normalized spacial score (nSPS) is 14.8. The molecule has 1 fully saturated rings. The second kappa shape index (κ2) is 9.47. The summed E-state index contributed by atoms with van der Waals surface area (Å²) in [7, 11) is 0. The zero-order valence-corrected chi connectivity index (χ0v) is 19.1. The van der Waals surface area contributed by atoms with Crippen molar-refractivity contribution in [3.8, 4) is 18.1 Å². The quantitative estimate of drug-likeness (QED) is 0.207. The molecule has 0 atom stereocenters. The fourth-order valence-corrected chi connectivity index (χ4v) is 4.84. The number of nitro groups is 1. The van der Waals surface area contributed by atoms with Crippen LogP contribution in [0.1, 0.15) is 11.1 Å². The zero-order valence-electron chi connectivity index (χ0n) is 15.1. The number of rotatable bonds is 6.